The van der Waals surface area contributed by atoms with E-state index in [1.165, 1.54) is 4.31 Å². The second-order valence-electron chi connectivity index (χ2n) is 8.96. The van der Waals surface area contributed by atoms with Gasteiger partial charge >= 0.3 is 0 Å². The van der Waals surface area contributed by atoms with E-state index < -0.39 is 15.9 Å². The van der Waals surface area contributed by atoms with Gasteiger partial charge in [0.25, 0.3) is 15.9 Å². The monoisotopic (exact) mass is 518 g/mol. The van der Waals surface area contributed by atoms with Gasteiger partial charge in [-0.25, -0.2) is 17.2 Å². The van der Waals surface area contributed by atoms with Crippen molar-refractivity contribution in [3.8, 4) is 5.75 Å². The molecule has 2 aliphatic rings. The molecule has 3 aromatic carbocycles. The van der Waals surface area contributed by atoms with Crippen molar-refractivity contribution < 1.29 is 21.9 Å². The second-order valence-corrected chi connectivity index (χ2v) is 12.0. The van der Waals surface area contributed by atoms with Crippen molar-refractivity contribution in [3.63, 3.8) is 0 Å². The van der Waals surface area contributed by atoms with E-state index in [0.717, 1.165) is 22.1 Å². The molecule has 5 rings (SSSR count). The molecular formula is C26H28F2N2O3S2. The third kappa shape index (κ3) is 5.42. The molecule has 2 heterocycles. The lowest BCUT2D eigenvalue weighted by atomic mass is 10.1. The first-order valence-corrected chi connectivity index (χ1v) is 14.3. The maximum absolute atomic E-state index is 13.6. The van der Waals surface area contributed by atoms with Gasteiger partial charge in [0, 0.05) is 55.7 Å². The van der Waals surface area contributed by atoms with E-state index in [1.54, 1.807) is 30.0 Å². The molecule has 1 saturated heterocycles. The molecule has 9 heteroatoms. The molecule has 0 atom stereocenters. The van der Waals surface area contributed by atoms with Crippen LogP contribution in [0, 0.1) is 0 Å². The van der Waals surface area contributed by atoms with E-state index in [2.05, 4.69) is 0 Å². The van der Waals surface area contributed by atoms with Gasteiger partial charge in [-0.3, -0.25) is 4.31 Å². The molecule has 0 aromatic heterocycles. The summed E-state index contributed by atoms with van der Waals surface area (Å²) in [6, 6.07) is 18.5. The Morgan fingerprint density at radius 3 is 2.51 bits per heavy atom. The van der Waals surface area contributed by atoms with Crippen LogP contribution in [0.5, 0.6) is 5.75 Å². The lowest BCUT2D eigenvalue weighted by Gasteiger charge is -2.31. The minimum Gasteiger partial charge on any atom is -0.493 e. The summed E-state index contributed by atoms with van der Waals surface area (Å²) in [6.45, 7) is 2.35. The highest BCUT2D eigenvalue weighted by Gasteiger charge is 2.33. The Kier molecular flexibility index (Phi) is 6.92. The predicted octanol–water partition coefficient (Wildman–Crippen LogP) is 5.64. The maximum Gasteiger partial charge on any atom is 0.264 e. The number of thioether (sulfide) groups is 1. The Balaban J connectivity index is 1.27. The number of piperidine rings is 1. The van der Waals surface area contributed by atoms with Crippen LogP contribution in [-0.2, 0) is 10.0 Å². The van der Waals surface area contributed by atoms with Crippen LogP contribution in [0.3, 0.4) is 0 Å². The predicted molar refractivity (Wildman–Crippen MR) is 136 cm³/mol. The van der Waals surface area contributed by atoms with Crippen molar-refractivity contribution in [1.82, 2.24) is 4.90 Å². The van der Waals surface area contributed by atoms with Crippen LogP contribution >= 0.6 is 11.8 Å². The van der Waals surface area contributed by atoms with Crippen LogP contribution < -0.4 is 9.04 Å². The number of fused-ring (bicyclic) bond motifs is 2. The average molecular weight is 519 g/mol. The molecule has 35 heavy (non-hydrogen) atoms. The van der Waals surface area contributed by atoms with Crippen molar-refractivity contribution >= 4 is 38.2 Å². The van der Waals surface area contributed by atoms with Gasteiger partial charge in [-0.1, -0.05) is 30.3 Å². The zero-order chi connectivity index (χ0) is 24.5. The number of benzene rings is 3. The molecule has 2 aliphatic heterocycles. The summed E-state index contributed by atoms with van der Waals surface area (Å²) in [7, 11) is -3.74. The molecule has 1 fully saturated rings. The van der Waals surface area contributed by atoms with Gasteiger partial charge in [0.1, 0.15) is 5.75 Å². The number of alkyl halides is 2. The van der Waals surface area contributed by atoms with E-state index in [0.29, 0.717) is 50.0 Å². The van der Waals surface area contributed by atoms with Crippen molar-refractivity contribution in [2.45, 2.75) is 35.0 Å². The number of hydrogen-bond acceptors (Lipinski definition) is 5. The molecule has 0 aliphatic carbocycles. The highest BCUT2D eigenvalue weighted by molar-refractivity contribution is 8.00. The number of halogens is 2. The molecule has 0 radical (unpaired) electrons. The summed E-state index contributed by atoms with van der Waals surface area (Å²) in [6.07, 6.45) is 0.548. The van der Waals surface area contributed by atoms with E-state index in [4.69, 9.17) is 4.74 Å². The molecule has 0 saturated carbocycles. The largest absolute Gasteiger partial charge is 0.493 e. The number of ether oxygens (including phenoxy) is 1. The third-order valence-corrected chi connectivity index (χ3v) is 9.39. The normalized spacial score (nSPS) is 18.4. The van der Waals surface area contributed by atoms with E-state index in [9.17, 15) is 17.2 Å². The Labute approximate surface area is 209 Å². The van der Waals surface area contributed by atoms with Crippen molar-refractivity contribution in [3.05, 3.63) is 60.7 Å². The Morgan fingerprint density at radius 1 is 0.943 bits per heavy atom. The summed E-state index contributed by atoms with van der Waals surface area (Å²) in [5.74, 6) is -1.25. The van der Waals surface area contributed by atoms with E-state index >= 15 is 0 Å². The minimum absolute atomic E-state index is 0.0855. The van der Waals surface area contributed by atoms with E-state index in [-0.39, 0.29) is 17.7 Å². The topological polar surface area (TPSA) is 49.9 Å². The van der Waals surface area contributed by atoms with E-state index in [1.807, 2.05) is 47.4 Å². The first-order valence-electron chi connectivity index (χ1n) is 11.8. The number of hydrogen-bond donors (Lipinski definition) is 0. The van der Waals surface area contributed by atoms with Crippen LogP contribution in [0.4, 0.5) is 14.5 Å². The zero-order valence-electron chi connectivity index (χ0n) is 19.3. The first kappa shape index (κ1) is 24.3. The second kappa shape index (κ2) is 9.95. The molecule has 5 nitrogen and oxygen atoms in total. The maximum atomic E-state index is 13.6. The van der Waals surface area contributed by atoms with Gasteiger partial charge in [0.05, 0.1) is 17.2 Å². The summed E-state index contributed by atoms with van der Waals surface area (Å²) in [5.41, 5.74) is 0.630. The molecule has 186 valence electrons. The summed E-state index contributed by atoms with van der Waals surface area (Å²) in [4.78, 5) is 3.22. The number of rotatable bonds is 7. The van der Waals surface area contributed by atoms with Crippen molar-refractivity contribution in [2.75, 3.05) is 42.8 Å². The van der Waals surface area contributed by atoms with Crippen LogP contribution in [0.25, 0.3) is 10.8 Å². The highest BCUT2D eigenvalue weighted by atomic mass is 32.2. The molecule has 0 unspecified atom stereocenters. The summed E-state index contributed by atoms with van der Waals surface area (Å²) in [5, 5.41) is 1.88. The SMILES string of the molecule is O=S(=O)(c1ccc2ccccc2c1)N1CCSc2ccc(OCCCN3CCC(F)(F)CC3)cc21. The fourth-order valence-corrected chi connectivity index (χ4v) is 7.21. The van der Waals surface area contributed by atoms with Crippen LogP contribution in [0.2, 0.25) is 0 Å². The lowest BCUT2D eigenvalue weighted by Crippen LogP contribution is -2.40. The molecule has 0 amide bonds. The fourth-order valence-electron chi connectivity index (χ4n) is 4.55. The zero-order valence-corrected chi connectivity index (χ0v) is 21.0. The molecule has 0 N–H and O–H groups in total. The van der Waals surface area contributed by atoms with Gasteiger partial charge in [-0.2, -0.15) is 0 Å². The van der Waals surface area contributed by atoms with Crippen LogP contribution in [0.15, 0.2) is 70.5 Å². The van der Waals surface area contributed by atoms with Crippen LogP contribution in [-0.4, -0.2) is 57.8 Å². The van der Waals surface area contributed by atoms with Gasteiger partial charge in [0.15, 0.2) is 0 Å². The lowest BCUT2D eigenvalue weighted by molar-refractivity contribution is -0.0554. The number of sulfonamides is 1. The van der Waals surface area contributed by atoms with Gasteiger partial charge < -0.3 is 9.64 Å². The van der Waals surface area contributed by atoms with Crippen molar-refractivity contribution in [1.29, 1.82) is 0 Å². The van der Waals surface area contributed by atoms with Crippen LogP contribution in [0.1, 0.15) is 19.3 Å². The Hall–Kier alpha value is -2.36. The standard InChI is InChI=1S/C26H28F2N2O3S2/c27-26(28)10-13-29(14-11-26)12-3-16-33-22-7-9-25-24(19-22)30(15-17-34-25)35(31,32)23-8-6-20-4-1-2-5-21(20)18-23/h1-2,4-9,18-19H,3,10-17H2. The van der Waals surface area contributed by atoms with Gasteiger partial charge in [-0.15, -0.1) is 11.8 Å². The molecule has 3 aromatic rings. The minimum atomic E-state index is -3.74. The number of likely N-dealkylation sites (tertiary alicyclic amines) is 1. The molecule has 0 spiro atoms. The van der Waals surface area contributed by atoms with Gasteiger partial charge in [0.2, 0.25) is 0 Å². The van der Waals surface area contributed by atoms with Gasteiger partial charge in [-0.05, 0) is 41.5 Å². The number of anilines is 1. The number of nitrogens with zero attached hydrogens (tertiary/aromatic N) is 2. The quantitative estimate of drug-likeness (QED) is 0.379. The highest BCUT2D eigenvalue weighted by Crippen LogP contribution is 2.40. The molecular weight excluding hydrogens is 490 g/mol. The smallest absolute Gasteiger partial charge is 0.264 e. The Bertz CT molecular complexity index is 1310. The Morgan fingerprint density at radius 2 is 1.71 bits per heavy atom. The third-order valence-electron chi connectivity index (χ3n) is 6.53. The molecule has 0 bridgehead atoms. The van der Waals surface area contributed by atoms with Crippen molar-refractivity contribution in [2.24, 2.45) is 0 Å². The first-order chi connectivity index (χ1) is 16.8. The fraction of sp³-hybridized carbons (Fsp3) is 0.385. The average Bonchev–Trinajstić information content (AvgIpc) is 2.86. The summed E-state index contributed by atoms with van der Waals surface area (Å²) < 4.78 is 61.2. The summed E-state index contributed by atoms with van der Waals surface area (Å²) >= 11 is 1.63.